The second kappa shape index (κ2) is 11.7. The van der Waals surface area contributed by atoms with Gasteiger partial charge in [-0.15, -0.1) is 0 Å². The van der Waals surface area contributed by atoms with Crippen molar-refractivity contribution in [2.75, 3.05) is 13.2 Å². The molecule has 0 aliphatic carbocycles. The minimum absolute atomic E-state index is 0.245. The van der Waals surface area contributed by atoms with E-state index in [2.05, 4.69) is 17.5 Å². The number of benzene rings is 3. The second-order valence-electron chi connectivity index (χ2n) is 7.27. The van der Waals surface area contributed by atoms with Crippen molar-refractivity contribution in [1.29, 1.82) is 0 Å². The molecule has 0 spiro atoms. The fourth-order valence-electron chi connectivity index (χ4n) is 3.35. The van der Waals surface area contributed by atoms with Gasteiger partial charge in [0.25, 0.3) is 5.91 Å². The molecule has 162 valence electrons. The molecule has 0 saturated heterocycles. The van der Waals surface area contributed by atoms with Crippen molar-refractivity contribution in [3.8, 4) is 11.5 Å². The van der Waals surface area contributed by atoms with Crippen molar-refractivity contribution in [3.63, 3.8) is 0 Å². The Bertz CT molecular complexity index is 1020. The molecule has 0 atom stereocenters. The average Bonchev–Trinajstić information content (AvgIpc) is 2.80. The van der Waals surface area contributed by atoms with Crippen molar-refractivity contribution >= 4 is 22.9 Å². The van der Waals surface area contributed by atoms with Gasteiger partial charge in [-0.25, -0.2) is 5.43 Å². The van der Waals surface area contributed by atoms with Gasteiger partial charge in [0.1, 0.15) is 0 Å². The Balaban J connectivity index is 1.64. The molecule has 3 aromatic rings. The van der Waals surface area contributed by atoms with Crippen molar-refractivity contribution in [2.24, 2.45) is 5.10 Å². The van der Waals surface area contributed by atoms with Crippen LogP contribution < -0.4 is 14.9 Å². The number of carbonyl (C=O) groups excluding carboxylic acids is 1. The Hall–Kier alpha value is -3.34. The molecule has 0 saturated carbocycles. The van der Waals surface area contributed by atoms with E-state index in [1.54, 1.807) is 12.3 Å². The van der Waals surface area contributed by atoms with Gasteiger partial charge in [-0.3, -0.25) is 4.79 Å². The summed E-state index contributed by atoms with van der Waals surface area (Å²) in [5.74, 6) is 1.17. The predicted octanol–water partition coefficient (Wildman–Crippen LogP) is 5.96. The minimum Gasteiger partial charge on any atom is -0.490 e. The van der Waals surface area contributed by atoms with Gasteiger partial charge >= 0.3 is 0 Å². The molecule has 0 radical (unpaired) electrons. The van der Waals surface area contributed by atoms with Gasteiger partial charge in [-0.1, -0.05) is 62.6 Å². The number of carbonyl (C=O) groups is 1. The molecule has 0 fully saturated rings. The van der Waals surface area contributed by atoms with Crippen LogP contribution in [-0.2, 0) is 0 Å². The highest BCUT2D eigenvalue weighted by Gasteiger charge is 2.09. The van der Waals surface area contributed by atoms with Crippen LogP contribution >= 0.6 is 0 Å². The third-order valence-corrected chi connectivity index (χ3v) is 4.94. The van der Waals surface area contributed by atoms with Crippen molar-refractivity contribution in [3.05, 3.63) is 71.8 Å². The van der Waals surface area contributed by atoms with Crippen molar-refractivity contribution in [1.82, 2.24) is 5.43 Å². The SMILES string of the molecule is CCCCCCOc1ccc(/C=N/NC(=O)c2cccc3ccccc23)cc1OCC. The quantitative estimate of drug-likeness (QED) is 0.237. The lowest BCUT2D eigenvalue weighted by Crippen LogP contribution is -2.17. The van der Waals surface area contributed by atoms with Crippen LogP contribution in [0.25, 0.3) is 10.8 Å². The standard InChI is InChI=1S/C26H30N2O3/c1-3-5-6-9-17-31-24-16-15-20(18-25(24)30-4-2)19-27-28-26(29)23-14-10-12-21-11-7-8-13-22(21)23/h7-8,10-16,18-19H,3-6,9,17H2,1-2H3,(H,28,29)/b27-19+. The van der Waals surface area contributed by atoms with Gasteiger partial charge < -0.3 is 9.47 Å². The first kappa shape index (κ1) is 22.3. The number of nitrogens with one attached hydrogen (secondary N) is 1. The molecule has 5 heteroatoms. The smallest absolute Gasteiger partial charge is 0.271 e. The van der Waals surface area contributed by atoms with Crippen molar-refractivity contribution < 1.29 is 14.3 Å². The third-order valence-electron chi connectivity index (χ3n) is 4.94. The maximum atomic E-state index is 12.6. The van der Waals surface area contributed by atoms with E-state index in [1.165, 1.54) is 19.3 Å². The zero-order valence-corrected chi connectivity index (χ0v) is 18.3. The number of hydrogen-bond acceptors (Lipinski definition) is 4. The molecule has 3 aromatic carbocycles. The monoisotopic (exact) mass is 418 g/mol. The molecule has 0 aliphatic rings. The molecule has 1 N–H and O–H groups in total. The molecule has 5 nitrogen and oxygen atoms in total. The Morgan fingerprint density at radius 3 is 2.61 bits per heavy atom. The number of fused-ring (bicyclic) bond motifs is 1. The van der Waals surface area contributed by atoms with Crippen molar-refractivity contribution in [2.45, 2.75) is 39.5 Å². The molecular weight excluding hydrogens is 388 g/mol. The van der Waals surface area contributed by atoms with Crippen LogP contribution in [-0.4, -0.2) is 25.3 Å². The summed E-state index contributed by atoms with van der Waals surface area (Å²) in [5.41, 5.74) is 4.03. The number of rotatable bonds is 11. The summed E-state index contributed by atoms with van der Waals surface area (Å²) in [4.78, 5) is 12.6. The van der Waals surface area contributed by atoms with Gasteiger partial charge in [0.05, 0.1) is 19.4 Å². The molecule has 31 heavy (non-hydrogen) atoms. The molecule has 3 rings (SSSR count). The molecule has 0 aromatic heterocycles. The molecule has 0 bridgehead atoms. The molecule has 0 aliphatic heterocycles. The molecule has 0 heterocycles. The lowest BCUT2D eigenvalue weighted by atomic mass is 10.0. The number of amides is 1. The summed E-state index contributed by atoms with van der Waals surface area (Å²) >= 11 is 0. The van der Waals surface area contributed by atoms with Gasteiger partial charge in [0.15, 0.2) is 11.5 Å². The van der Waals surface area contributed by atoms with Gasteiger partial charge in [0, 0.05) is 5.56 Å². The highest BCUT2D eigenvalue weighted by atomic mass is 16.5. The van der Waals surface area contributed by atoms with Crippen LogP contribution in [0.3, 0.4) is 0 Å². The summed E-state index contributed by atoms with van der Waals surface area (Å²) in [5, 5.41) is 6.05. The zero-order valence-electron chi connectivity index (χ0n) is 18.3. The minimum atomic E-state index is -0.245. The Labute approximate surface area is 184 Å². The Morgan fingerprint density at radius 1 is 0.935 bits per heavy atom. The predicted molar refractivity (Wildman–Crippen MR) is 126 cm³/mol. The summed E-state index contributed by atoms with van der Waals surface area (Å²) in [6.07, 6.45) is 6.23. The van der Waals surface area contributed by atoms with Gasteiger partial charge in [-0.05, 0) is 53.9 Å². The number of unbranched alkanes of at least 4 members (excludes halogenated alkanes) is 3. The summed E-state index contributed by atoms with van der Waals surface area (Å²) < 4.78 is 11.6. The Morgan fingerprint density at radius 2 is 1.77 bits per heavy atom. The zero-order chi connectivity index (χ0) is 21.9. The Kier molecular flexibility index (Phi) is 8.47. The molecule has 0 unspecified atom stereocenters. The van der Waals surface area contributed by atoms with Gasteiger partial charge in [-0.2, -0.15) is 5.10 Å². The van der Waals surface area contributed by atoms with Crippen LogP contribution in [0.2, 0.25) is 0 Å². The van der Waals surface area contributed by atoms with E-state index in [4.69, 9.17) is 9.47 Å². The average molecular weight is 419 g/mol. The lowest BCUT2D eigenvalue weighted by molar-refractivity contribution is 0.0957. The highest BCUT2D eigenvalue weighted by Crippen LogP contribution is 2.28. The third kappa shape index (κ3) is 6.32. The van der Waals surface area contributed by atoms with Crippen LogP contribution in [0.15, 0.2) is 65.8 Å². The second-order valence-corrected chi connectivity index (χ2v) is 7.27. The number of hydrogen-bond donors (Lipinski definition) is 1. The van der Waals surface area contributed by atoms with Crippen LogP contribution in [0.4, 0.5) is 0 Å². The number of hydrazone groups is 1. The first-order valence-corrected chi connectivity index (χ1v) is 10.9. The largest absolute Gasteiger partial charge is 0.490 e. The first-order valence-electron chi connectivity index (χ1n) is 10.9. The number of ether oxygens (including phenoxy) is 2. The maximum absolute atomic E-state index is 12.6. The normalized spacial score (nSPS) is 11.0. The fourth-order valence-corrected chi connectivity index (χ4v) is 3.35. The summed E-state index contributed by atoms with van der Waals surface area (Å²) in [7, 11) is 0. The van der Waals surface area contributed by atoms with E-state index in [1.807, 2.05) is 61.5 Å². The van der Waals surface area contributed by atoms with Gasteiger partial charge in [0.2, 0.25) is 0 Å². The van der Waals surface area contributed by atoms with E-state index in [-0.39, 0.29) is 5.91 Å². The summed E-state index contributed by atoms with van der Waals surface area (Å²) in [6.45, 7) is 5.36. The van der Waals surface area contributed by atoms with E-state index in [0.29, 0.717) is 24.5 Å². The van der Waals surface area contributed by atoms with Crippen LogP contribution in [0.1, 0.15) is 55.5 Å². The number of nitrogens with zero attached hydrogens (tertiary/aromatic N) is 1. The molecule has 1 amide bonds. The fraction of sp³-hybridized carbons (Fsp3) is 0.308. The van der Waals surface area contributed by atoms with E-state index in [9.17, 15) is 4.79 Å². The topological polar surface area (TPSA) is 59.9 Å². The van der Waals surface area contributed by atoms with Crippen LogP contribution in [0, 0.1) is 0 Å². The van der Waals surface area contributed by atoms with E-state index < -0.39 is 0 Å². The van der Waals surface area contributed by atoms with E-state index >= 15 is 0 Å². The van der Waals surface area contributed by atoms with Crippen LogP contribution in [0.5, 0.6) is 11.5 Å². The maximum Gasteiger partial charge on any atom is 0.271 e. The lowest BCUT2D eigenvalue weighted by Gasteiger charge is -2.12. The highest BCUT2D eigenvalue weighted by molar-refractivity contribution is 6.07. The molecular formula is C26H30N2O3. The summed E-state index contributed by atoms with van der Waals surface area (Å²) in [6, 6.07) is 19.1. The first-order chi connectivity index (χ1) is 15.2. The van der Waals surface area contributed by atoms with E-state index in [0.717, 1.165) is 28.5 Å².